The molecule has 0 saturated carbocycles. The highest BCUT2D eigenvalue weighted by Crippen LogP contribution is 2.25. The maximum absolute atomic E-state index is 11.7. The Morgan fingerprint density at radius 2 is 2.11 bits per heavy atom. The second-order valence-electron chi connectivity index (χ2n) is 3.86. The maximum atomic E-state index is 11.7. The molecule has 0 radical (unpaired) electrons. The van der Waals surface area contributed by atoms with Crippen LogP contribution in [-0.2, 0) is 4.74 Å². The second kappa shape index (κ2) is 7.35. The van der Waals surface area contributed by atoms with Gasteiger partial charge >= 0.3 is 5.97 Å². The molecule has 0 aliphatic heterocycles. The van der Waals surface area contributed by atoms with Gasteiger partial charge in [0.25, 0.3) is 5.69 Å². The first-order chi connectivity index (χ1) is 9.10. The number of unbranched alkanes of at least 4 members (excludes halogenated alkanes) is 1. The molecule has 0 aliphatic rings. The molecular weight excluding hydrogens is 250 g/mol. The van der Waals surface area contributed by atoms with Crippen LogP contribution in [-0.4, -0.2) is 24.1 Å². The second-order valence-corrected chi connectivity index (χ2v) is 3.86. The van der Waals surface area contributed by atoms with E-state index in [0.717, 1.165) is 12.8 Å². The summed E-state index contributed by atoms with van der Waals surface area (Å²) in [4.78, 5) is 21.9. The summed E-state index contributed by atoms with van der Waals surface area (Å²) in [6.07, 6.45) is 1.81. The molecule has 0 spiro atoms. The Bertz CT molecular complexity index is 458. The summed E-state index contributed by atoms with van der Waals surface area (Å²) in [5.74, 6) is -0.296. The number of esters is 1. The minimum absolute atomic E-state index is 0.0900. The van der Waals surface area contributed by atoms with E-state index in [1.165, 1.54) is 18.2 Å². The Labute approximate surface area is 111 Å². The fourth-order valence-electron chi connectivity index (χ4n) is 1.45. The summed E-state index contributed by atoms with van der Waals surface area (Å²) in [7, 11) is 0. The highest BCUT2D eigenvalue weighted by atomic mass is 16.6. The maximum Gasteiger partial charge on any atom is 0.342 e. The molecule has 0 amide bonds. The molecule has 0 N–H and O–H groups in total. The van der Waals surface area contributed by atoms with E-state index < -0.39 is 10.9 Å². The number of rotatable bonds is 7. The molecule has 19 heavy (non-hydrogen) atoms. The highest BCUT2D eigenvalue weighted by Gasteiger charge is 2.18. The summed E-state index contributed by atoms with van der Waals surface area (Å²) < 4.78 is 10.3. The van der Waals surface area contributed by atoms with Gasteiger partial charge in [-0.25, -0.2) is 4.79 Å². The zero-order chi connectivity index (χ0) is 14.3. The quantitative estimate of drug-likeness (QED) is 0.328. The summed E-state index contributed by atoms with van der Waals surface area (Å²) in [5, 5.41) is 10.7. The van der Waals surface area contributed by atoms with Crippen LogP contribution >= 0.6 is 0 Å². The Morgan fingerprint density at radius 1 is 1.37 bits per heavy atom. The van der Waals surface area contributed by atoms with Gasteiger partial charge in [0.2, 0.25) is 0 Å². The van der Waals surface area contributed by atoms with E-state index in [-0.39, 0.29) is 17.9 Å². The van der Waals surface area contributed by atoms with Gasteiger partial charge in [-0.15, -0.1) is 0 Å². The van der Waals surface area contributed by atoms with E-state index in [1.807, 2.05) is 6.92 Å². The molecule has 6 heteroatoms. The van der Waals surface area contributed by atoms with Gasteiger partial charge in [0.05, 0.1) is 18.1 Å². The van der Waals surface area contributed by atoms with Gasteiger partial charge in [-0.2, -0.15) is 0 Å². The number of carbonyl (C=O) groups excluding carboxylic acids is 1. The van der Waals surface area contributed by atoms with E-state index in [0.29, 0.717) is 12.4 Å². The van der Waals surface area contributed by atoms with Gasteiger partial charge in [0, 0.05) is 12.1 Å². The Balaban J connectivity index is 3.00. The Hall–Kier alpha value is -2.11. The molecule has 0 bridgehead atoms. The van der Waals surface area contributed by atoms with Crippen LogP contribution < -0.4 is 4.74 Å². The van der Waals surface area contributed by atoms with Crippen LogP contribution in [0.25, 0.3) is 0 Å². The molecule has 0 heterocycles. The monoisotopic (exact) mass is 267 g/mol. The smallest absolute Gasteiger partial charge is 0.342 e. The normalized spacial score (nSPS) is 10.0. The number of nitro groups is 1. The van der Waals surface area contributed by atoms with Crippen molar-refractivity contribution in [2.45, 2.75) is 26.7 Å². The molecule has 1 aromatic carbocycles. The van der Waals surface area contributed by atoms with Gasteiger partial charge in [-0.3, -0.25) is 10.1 Å². The fourth-order valence-corrected chi connectivity index (χ4v) is 1.45. The van der Waals surface area contributed by atoms with Crippen LogP contribution in [0.3, 0.4) is 0 Å². The topological polar surface area (TPSA) is 78.7 Å². The number of non-ortho nitro benzene ring substituents is 1. The van der Waals surface area contributed by atoms with Crippen molar-refractivity contribution in [1.82, 2.24) is 0 Å². The van der Waals surface area contributed by atoms with Gasteiger partial charge in [0.1, 0.15) is 11.3 Å². The van der Waals surface area contributed by atoms with E-state index >= 15 is 0 Å². The molecule has 0 aliphatic carbocycles. The molecule has 0 unspecified atom stereocenters. The number of hydrogen-bond donors (Lipinski definition) is 0. The average Bonchev–Trinajstić information content (AvgIpc) is 2.39. The van der Waals surface area contributed by atoms with E-state index in [2.05, 4.69) is 0 Å². The van der Waals surface area contributed by atoms with Crippen molar-refractivity contribution in [3.05, 3.63) is 33.9 Å². The number of hydrogen-bond acceptors (Lipinski definition) is 5. The molecule has 0 fully saturated rings. The minimum Gasteiger partial charge on any atom is -0.493 e. The Kier molecular flexibility index (Phi) is 5.78. The van der Waals surface area contributed by atoms with Crippen molar-refractivity contribution >= 4 is 11.7 Å². The summed E-state index contributed by atoms with van der Waals surface area (Å²) in [6.45, 7) is 4.36. The molecule has 1 rings (SSSR count). The molecular formula is C13H17NO5. The lowest BCUT2D eigenvalue weighted by Gasteiger charge is -2.10. The number of nitro benzene ring substituents is 1. The van der Waals surface area contributed by atoms with Crippen LogP contribution in [0.4, 0.5) is 5.69 Å². The molecule has 1 aromatic rings. The molecule has 104 valence electrons. The molecule has 0 saturated heterocycles. The lowest BCUT2D eigenvalue weighted by molar-refractivity contribution is -0.384. The summed E-state index contributed by atoms with van der Waals surface area (Å²) in [6, 6.07) is 3.92. The summed E-state index contributed by atoms with van der Waals surface area (Å²) in [5.41, 5.74) is -0.0713. The zero-order valence-electron chi connectivity index (χ0n) is 11.0. The van der Waals surface area contributed by atoms with Crippen molar-refractivity contribution < 1.29 is 19.2 Å². The minimum atomic E-state index is -0.613. The first-order valence-corrected chi connectivity index (χ1v) is 6.18. The Morgan fingerprint density at radius 3 is 2.68 bits per heavy atom. The summed E-state index contributed by atoms with van der Waals surface area (Å²) >= 11 is 0. The van der Waals surface area contributed by atoms with E-state index in [9.17, 15) is 14.9 Å². The van der Waals surface area contributed by atoms with Crippen molar-refractivity contribution in [3.63, 3.8) is 0 Å². The third-order valence-electron chi connectivity index (χ3n) is 2.42. The number of carbonyl (C=O) groups is 1. The van der Waals surface area contributed by atoms with Crippen LogP contribution in [0.5, 0.6) is 5.75 Å². The highest BCUT2D eigenvalue weighted by molar-refractivity contribution is 5.93. The van der Waals surface area contributed by atoms with Crippen molar-refractivity contribution in [1.29, 1.82) is 0 Å². The standard InChI is InChI=1S/C13H17NO5/c1-3-5-8-19-12-7-6-10(14(16)17)9-11(12)13(15)18-4-2/h6-7,9H,3-5,8H2,1-2H3. The van der Waals surface area contributed by atoms with E-state index in [1.54, 1.807) is 6.92 Å². The fraction of sp³-hybridized carbons (Fsp3) is 0.462. The lowest BCUT2D eigenvalue weighted by atomic mass is 10.2. The number of ether oxygens (including phenoxy) is 2. The van der Waals surface area contributed by atoms with Crippen LogP contribution in [0, 0.1) is 10.1 Å². The number of benzene rings is 1. The van der Waals surface area contributed by atoms with Gasteiger partial charge in [-0.1, -0.05) is 13.3 Å². The predicted molar refractivity (Wildman–Crippen MR) is 69.5 cm³/mol. The van der Waals surface area contributed by atoms with Crippen molar-refractivity contribution in [2.24, 2.45) is 0 Å². The van der Waals surface area contributed by atoms with Crippen LogP contribution in [0.15, 0.2) is 18.2 Å². The van der Waals surface area contributed by atoms with Crippen molar-refractivity contribution in [3.8, 4) is 5.75 Å². The SMILES string of the molecule is CCCCOc1ccc([N+](=O)[O-])cc1C(=O)OCC. The first-order valence-electron chi connectivity index (χ1n) is 6.18. The third kappa shape index (κ3) is 4.24. The number of nitrogens with zero attached hydrogens (tertiary/aromatic N) is 1. The molecule has 0 atom stereocenters. The molecule has 6 nitrogen and oxygen atoms in total. The van der Waals surface area contributed by atoms with E-state index in [4.69, 9.17) is 9.47 Å². The predicted octanol–water partition coefficient (Wildman–Crippen LogP) is 2.95. The van der Waals surface area contributed by atoms with Crippen LogP contribution in [0.1, 0.15) is 37.0 Å². The lowest BCUT2D eigenvalue weighted by Crippen LogP contribution is -2.09. The van der Waals surface area contributed by atoms with Gasteiger partial charge in [-0.05, 0) is 19.4 Å². The third-order valence-corrected chi connectivity index (χ3v) is 2.42. The zero-order valence-corrected chi connectivity index (χ0v) is 11.0. The molecule has 0 aromatic heterocycles. The largest absolute Gasteiger partial charge is 0.493 e. The van der Waals surface area contributed by atoms with Crippen molar-refractivity contribution in [2.75, 3.05) is 13.2 Å². The first kappa shape index (κ1) is 14.9. The average molecular weight is 267 g/mol. The van der Waals surface area contributed by atoms with Gasteiger partial charge < -0.3 is 9.47 Å². The van der Waals surface area contributed by atoms with Crippen LogP contribution in [0.2, 0.25) is 0 Å². The van der Waals surface area contributed by atoms with Gasteiger partial charge in [0.15, 0.2) is 0 Å².